The fraction of sp³-hybridized carbons (Fsp3) is 0.917. The topological polar surface area (TPSA) is 101 Å². The third-order valence-corrected chi connectivity index (χ3v) is 4.39. The highest BCUT2D eigenvalue weighted by Gasteiger charge is 2.33. The van der Waals surface area contributed by atoms with E-state index in [0.29, 0.717) is 6.54 Å². The van der Waals surface area contributed by atoms with E-state index in [9.17, 15) is 13.2 Å². The van der Waals surface area contributed by atoms with Crippen LogP contribution in [0, 0.1) is 11.8 Å². The second kappa shape index (κ2) is 6.19. The number of carbonyl (C=O) groups is 1. The van der Waals surface area contributed by atoms with Crippen LogP contribution < -0.4 is 15.8 Å². The van der Waals surface area contributed by atoms with Crippen LogP contribution in [0.25, 0.3) is 0 Å². The summed E-state index contributed by atoms with van der Waals surface area (Å²) in [6, 6.07) is 0. The van der Waals surface area contributed by atoms with Crippen molar-refractivity contribution < 1.29 is 13.2 Å². The van der Waals surface area contributed by atoms with E-state index < -0.39 is 15.6 Å². The molecule has 0 radical (unpaired) electrons. The number of amides is 1. The van der Waals surface area contributed by atoms with Gasteiger partial charge >= 0.3 is 0 Å². The van der Waals surface area contributed by atoms with Gasteiger partial charge in [-0.3, -0.25) is 4.79 Å². The van der Waals surface area contributed by atoms with Crippen molar-refractivity contribution in [1.82, 2.24) is 10.0 Å². The van der Waals surface area contributed by atoms with Gasteiger partial charge in [-0.15, -0.1) is 0 Å². The molecule has 0 aromatic carbocycles. The normalized spacial score (nSPS) is 24.4. The van der Waals surface area contributed by atoms with Crippen LogP contribution in [-0.4, -0.2) is 39.2 Å². The van der Waals surface area contributed by atoms with Crippen LogP contribution in [0.2, 0.25) is 0 Å². The highest BCUT2D eigenvalue weighted by Crippen LogP contribution is 2.30. The van der Waals surface area contributed by atoms with E-state index in [1.54, 1.807) is 13.8 Å². The van der Waals surface area contributed by atoms with Gasteiger partial charge in [0.15, 0.2) is 0 Å². The van der Waals surface area contributed by atoms with E-state index in [2.05, 4.69) is 10.0 Å². The summed E-state index contributed by atoms with van der Waals surface area (Å²) in [5, 5.41) is 2.83. The Kier molecular flexibility index (Phi) is 5.34. The van der Waals surface area contributed by atoms with Gasteiger partial charge in [0.05, 0.1) is 6.26 Å². The molecule has 7 heteroatoms. The average molecular weight is 291 g/mol. The Morgan fingerprint density at radius 1 is 1.37 bits per heavy atom. The Labute approximate surface area is 115 Å². The Balaban J connectivity index is 2.49. The molecule has 2 unspecified atom stereocenters. The molecule has 19 heavy (non-hydrogen) atoms. The molecule has 0 saturated heterocycles. The third-order valence-electron chi connectivity index (χ3n) is 3.46. The largest absolute Gasteiger partial charge is 0.354 e. The van der Waals surface area contributed by atoms with Gasteiger partial charge in [0.2, 0.25) is 15.9 Å². The van der Waals surface area contributed by atoms with Gasteiger partial charge in [0.1, 0.15) is 0 Å². The maximum atomic E-state index is 12.1. The van der Waals surface area contributed by atoms with Crippen molar-refractivity contribution in [3.8, 4) is 0 Å². The summed E-state index contributed by atoms with van der Waals surface area (Å²) in [4.78, 5) is 12.1. The predicted molar refractivity (Wildman–Crippen MR) is 75.0 cm³/mol. The van der Waals surface area contributed by atoms with E-state index in [1.165, 1.54) is 0 Å². The van der Waals surface area contributed by atoms with Crippen molar-refractivity contribution in [1.29, 1.82) is 0 Å². The van der Waals surface area contributed by atoms with Crippen LogP contribution >= 0.6 is 0 Å². The minimum absolute atomic E-state index is 0.0173. The molecule has 0 heterocycles. The van der Waals surface area contributed by atoms with Crippen molar-refractivity contribution >= 4 is 15.9 Å². The van der Waals surface area contributed by atoms with Crippen LogP contribution in [0.5, 0.6) is 0 Å². The first-order valence-electron chi connectivity index (χ1n) is 6.61. The lowest BCUT2D eigenvalue weighted by Crippen LogP contribution is -2.52. The summed E-state index contributed by atoms with van der Waals surface area (Å²) < 4.78 is 24.9. The second-order valence-electron chi connectivity index (χ2n) is 6.01. The monoisotopic (exact) mass is 291 g/mol. The fourth-order valence-electron chi connectivity index (χ4n) is 2.64. The molecular weight excluding hydrogens is 266 g/mol. The van der Waals surface area contributed by atoms with Crippen LogP contribution in [0.4, 0.5) is 0 Å². The molecule has 1 amide bonds. The van der Waals surface area contributed by atoms with Gasteiger partial charge in [0, 0.05) is 18.0 Å². The molecule has 6 nitrogen and oxygen atoms in total. The van der Waals surface area contributed by atoms with Gasteiger partial charge in [-0.05, 0) is 39.2 Å². The fourth-order valence-corrected chi connectivity index (χ4v) is 3.72. The van der Waals surface area contributed by atoms with E-state index >= 15 is 0 Å². The van der Waals surface area contributed by atoms with Gasteiger partial charge in [-0.25, -0.2) is 13.1 Å². The quantitative estimate of drug-likeness (QED) is 0.631. The van der Waals surface area contributed by atoms with Crippen molar-refractivity contribution in [2.24, 2.45) is 17.6 Å². The number of sulfonamides is 1. The molecule has 2 atom stereocenters. The van der Waals surface area contributed by atoms with Crippen molar-refractivity contribution in [3.63, 3.8) is 0 Å². The lowest BCUT2D eigenvalue weighted by molar-refractivity contribution is -0.126. The van der Waals surface area contributed by atoms with Crippen LogP contribution in [-0.2, 0) is 14.8 Å². The molecule has 1 rings (SSSR count). The van der Waals surface area contributed by atoms with E-state index in [1.807, 2.05) is 0 Å². The zero-order valence-corrected chi connectivity index (χ0v) is 12.7. The number of carbonyl (C=O) groups excluding carboxylic acids is 1. The Hall–Kier alpha value is -0.660. The molecule has 0 bridgehead atoms. The SMILES string of the molecule is CC(C)(CNC(=O)C1CCCC1CN)NS(C)(=O)=O. The average Bonchev–Trinajstić information content (AvgIpc) is 2.70. The lowest BCUT2D eigenvalue weighted by Gasteiger charge is -2.27. The molecule has 0 spiro atoms. The molecule has 1 aliphatic carbocycles. The van der Waals surface area contributed by atoms with Crippen LogP contribution in [0.15, 0.2) is 0 Å². The number of hydrogen-bond donors (Lipinski definition) is 3. The molecule has 0 aliphatic heterocycles. The summed E-state index contributed by atoms with van der Waals surface area (Å²) in [5.74, 6) is 0.210. The first-order valence-corrected chi connectivity index (χ1v) is 8.50. The van der Waals surface area contributed by atoms with Gasteiger partial charge in [0.25, 0.3) is 0 Å². The van der Waals surface area contributed by atoms with Gasteiger partial charge in [-0.1, -0.05) is 6.42 Å². The minimum Gasteiger partial charge on any atom is -0.354 e. The summed E-state index contributed by atoms with van der Waals surface area (Å²) in [6.45, 7) is 4.28. The van der Waals surface area contributed by atoms with Crippen molar-refractivity contribution in [3.05, 3.63) is 0 Å². The Bertz CT molecular complexity index is 420. The Morgan fingerprint density at radius 2 is 2.00 bits per heavy atom. The van der Waals surface area contributed by atoms with Crippen molar-refractivity contribution in [2.75, 3.05) is 19.3 Å². The first kappa shape index (κ1) is 16.4. The number of nitrogens with one attached hydrogen (secondary N) is 2. The molecule has 0 aromatic heterocycles. The Morgan fingerprint density at radius 3 is 2.53 bits per heavy atom. The number of nitrogens with two attached hydrogens (primary N) is 1. The summed E-state index contributed by atoms with van der Waals surface area (Å²) >= 11 is 0. The van der Waals surface area contributed by atoms with Crippen molar-refractivity contribution in [2.45, 2.75) is 38.6 Å². The molecule has 1 aliphatic rings. The van der Waals surface area contributed by atoms with E-state index in [0.717, 1.165) is 25.5 Å². The minimum atomic E-state index is -3.29. The maximum absolute atomic E-state index is 12.1. The number of hydrogen-bond acceptors (Lipinski definition) is 4. The highest BCUT2D eigenvalue weighted by molar-refractivity contribution is 7.88. The smallest absolute Gasteiger partial charge is 0.223 e. The summed E-state index contributed by atoms with van der Waals surface area (Å²) in [7, 11) is -3.29. The summed E-state index contributed by atoms with van der Waals surface area (Å²) in [5.41, 5.74) is 4.96. The molecule has 1 saturated carbocycles. The van der Waals surface area contributed by atoms with Crippen LogP contribution in [0.3, 0.4) is 0 Å². The predicted octanol–water partition coefficient (Wildman–Crippen LogP) is -0.195. The second-order valence-corrected chi connectivity index (χ2v) is 7.76. The lowest BCUT2D eigenvalue weighted by atomic mass is 9.95. The molecular formula is C12H25N3O3S. The molecule has 112 valence electrons. The molecule has 1 fully saturated rings. The standard InChI is InChI=1S/C12H25N3O3S/c1-12(2,15-19(3,17)18)8-14-11(16)10-6-4-5-9(10)7-13/h9-10,15H,4-8,13H2,1-3H3,(H,14,16). The van der Waals surface area contributed by atoms with E-state index in [-0.39, 0.29) is 24.3 Å². The molecule has 4 N–H and O–H groups in total. The third kappa shape index (κ3) is 5.46. The molecule has 0 aromatic rings. The summed E-state index contributed by atoms with van der Waals surface area (Å²) in [6.07, 6.45) is 4.01. The first-order chi connectivity index (χ1) is 8.64. The van der Waals surface area contributed by atoms with E-state index in [4.69, 9.17) is 5.73 Å². The zero-order valence-electron chi connectivity index (χ0n) is 11.9. The van der Waals surface area contributed by atoms with Gasteiger partial charge in [-0.2, -0.15) is 0 Å². The zero-order chi connectivity index (χ0) is 14.7. The van der Waals surface area contributed by atoms with Gasteiger partial charge < -0.3 is 11.1 Å². The van der Waals surface area contributed by atoms with Crippen LogP contribution in [0.1, 0.15) is 33.1 Å². The maximum Gasteiger partial charge on any atom is 0.223 e. The number of rotatable bonds is 6. The highest BCUT2D eigenvalue weighted by atomic mass is 32.2.